The van der Waals surface area contributed by atoms with Gasteiger partial charge in [0.25, 0.3) is 0 Å². The molecule has 0 radical (unpaired) electrons. The minimum atomic E-state index is -0.603. The van der Waals surface area contributed by atoms with Crippen molar-refractivity contribution in [3.8, 4) is 5.75 Å². The molecule has 1 aromatic carbocycles. The summed E-state index contributed by atoms with van der Waals surface area (Å²) in [6.07, 6.45) is 1.64. The molecule has 1 N–H and O–H groups in total. The van der Waals surface area contributed by atoms with E-state index in [1.54, 1.807) is 13.3 Å². The highest BCUT2D eigenvalue weighted by Crippen LogP contribution is 2.30. The van der Waals surface area contributed by atoms with E-state index in [-0.39, 0.29) is 0 Å². The van der Waals surface area contributed by atoms with Gasteiger partial charge < -0.3 is 9.84 Å². The van der Waals surface area contributed by atoms with Crippen molar-refractivity contribution in [1.82, 2.24) is 4.98 Å². The Kier molecular flexibility index (Phi) is 4.15. The van der Waals surface area contributed by atoms with Gasteiger partial charge in [-0.1, -0.05) is 15.9 Å². The van der Waals surface area contributed by atoms with Crippen LogP contribution in [0, 0.1) is 0 Å². The van der Waals surface area contributed by atoms with Crippen molar-refractivity contribution in [3.05, 3.63) is 44.8 Å². The molecule has 90 valence electrons. The predicted molar refractivity (Wildman–Crippen MR) is 71.5 cm³/mol. The highest BCUT2D eigenvalue weighted by Gasteiger charge is 2.15. The van der Waals surface area contributed by atoms with Gasteiger partial charge in [0.05, 0.1) is 18.2 Å². The lowest BCUT2D eigenvalue weighted by Gasteiger charge is -2.14. The number of thiazole rings is 1. The lowest BCUT2D eigenvalue weighted by atomic mass is 10.1. The molecule has 2 aromatic rings. The Bertz CT molecular complexity index is 487. The second-order valence-electron chi connectivity index (χ2n) is 3.53. The van der Waals surface area contributed by atoms with Crippen molar-refractivity contribution in [2.45, 2.75) is 12.5 Å². The summed E-state index contributed by atoms with van der Waals surface area (Å²) in [7, 11) is 1.60. The third-order valence-electron chi connectivity index (χ3n) is 2.40. The Morgan fingerprint density at radius 2 is 2.35 bits per heavy atom. The zero-order valence-electron chi connectivity index (χ0n) is 9.26. The Balaban J connectivity index is 2.23. The second-order valence-corrected chi connectivity index (χ2v) is 5.43. The van der Waals surface area contributed by atoms with Crippen molar-refractivity contribution >= 4 is 27.3 Å². The lowest BCUT2D eigenvalue weighted by Crippen LogP contribution is -2.04. The van der Waals surface area contributed by atoms with Gasteiger partial charge in [-0.25, -0.2) is 4.98 Å². The number of halogens is 1. The highest BCUT2D eigenvalue weighted by molar-refractivity contribution is 9.10. The summed E-state index contributed by atoms with van der Waals surface area (Å²) in [5.41, 5.74) is 0.775. The van der Waals surface area contributed by atoms with Crippen LogP contribution < -0.4 is 4.74 Å². The van der Waals surface area contributed by atoms with E-state index in [2.05, 4.69) is 20.9 Å². The quantitative estimate of drug-likeness (QED) is 0.942. The number of aliphatic hydroxyl groups is 1. The first-order valence-corrected chi connectivity index (χ1v) is 6.78. The Morgan fingerprint density at radius 1 is 1.53 bits per heavy atom. The molecule has 0 spiro atoms. The minimum Gasteiger partial charge on any atom is -0.496 e. The van der Waals surface area contributed by atoms with Crippen LogP contribution in [0.3, 0.4) is 0 Å². The van der Waals surface area contributed by atoms with Gasteiger partial charge in [0.15, 0.2) is 0 Å². The number of ether oxygens (including phenoxy) is 1. The molecule has 0 saturated heterocycles. The van der Waals surface area contributed by atoms with Crippen LogP contribution in [-0.4, -0.2) is 17.2 Å². The van der Waals surface area contributed by atoms with E-state index in [4.69, 9.17) is 4.74 Å². The molecular formula is C12H12BrNO2S. The molecule has 1 heterocycles. The summed E-state index contributed by atoms with van der Waals surface area (Å²) >= 11 is 4.93. The third kappa shape index (κ3) is 3.06. The standard InChI is InChI=1S/C12H12BrNO2S/c1-16-11-3-2-8(13)6-9(11)10(15)7-12-14-4-5-17-12/h2-6,10,15H,7H2,1H3. The van der Waals surface area contributed by atoms with E-state index in [0.717, 1.165) is 15.0 Å². The van der Waals surface area contributed by atoms with Crippen molar-refractivity contribution < 1.29 is 9.84 Å². The van der Waals surface area contributed by atoms with Gasteiger partial charge in [-0.15, -0.1) is 11.3 Å². The fourth-order valence-corrected chi connectivity index (χ4v) is 2.63. The number of methoxy groups -OCH3 is 1. The monoisotopic (exact) mass is 313 g/mol. The zero-order valence-corrected chi connectivity index (χ0v) is 11.7. The summed E-state index contributed by atoms with van der Waals surface area (Å²) in [5, 5.41) is 13.0. The summed E-state index contributed by atoms with van der Waals surface area (Å²) in [6, 6.07) is 5.60. The molecule has 0 saturated carbocycles. The van der Waals surface area contributed by atoms with Crippen LogP contribution >= 0.6 is 27.3 Å². The molecule has 1 atom stereocenters. The first-order chi connectivity index (χ1) is 8.20. The van der Waals surface area contributed by atoms with Crippen LogP contribution in [0.15, 0.2) is 34.2 Å². The minimum absolute atomic E-state index is 0.504. The first-order valence-electron chi connectivity index (χ1n) is 5.10. The van der Waals surface area contributed by atoms with Crippen LogP contribution in [0.25, 0.3) is 0 Å². The van der Waals surface area contributed by atoms with Crippen LogP contribution in [0.2, 0.25) is 0 Å². The van der Waals surface area contributed by atoms with Crippen LogP contribution in [0.5, 0.6) is 5.75 Å². The van der Waals surface area contributed by atoms with Gasteiger partial charge in [-0.05, 0) is 18.2 Å². The number of hydrogen-bond donors (Lipinski definition) is 1. The molecule has 1 aromatic heterocycles. The van der Waals surface area contributed by atoms with Crippen molar-refractivity contribution in [2.24, 2.45) is 0 Å². The number of benzene rings is 1. The Labute approximate surface area is 112 Å². The largest absolute Gasteiger partial charge is 0.496 e. The van der Waals surface area contributed by atoms with Crippen LogP contribution in [0.4, 0.5) is 0 Å². The van der Waals surface area contributed by atoms with E-state index in [0.29, 0.717) is 12.2 Å². The van der Waals surface area contributed by atoms with Gasteiger partial charge in [0.1, 0.15) is 5.75 Å². The maximum absolute atomic E-state index is 10.2. The average molecular weight is 314 g/mol. The molecule has 5 heteroatoms. The topological polar surface area (TPSA) is 42.4 Å². The van der Waals surface area contributed by atoms with E-state index >= 15 is 0 Å². The van der Waals surface area contributed by atoms with Crippen molar-refractivity contribution in [1.29, 1.82) is 0 Å². The summed E-state index contributed by atoms with van der Waals surface area (Å²) in [5.74, 6) is 0.692. The molecule has 17 heavy (non-hydrogen) atoms. The van der Waals surface area contributed by atoms with E-state index in [1.807, 2.05) is 23.6 Å². The van der Waals surface area contributed by atoms with Gasteiger partial charge >= 0.3 is 0 Å². The molecule has 1 unspecified atom stereocenters. The first kappa shape index (κ1) is 12.5. The average Bonchev–Trinajstić information content (AvgIpc) is 2.81. The third-order valence-corrected chi connectivity index (χ3v) is 3.70. The van der Waals surface area contributed by atoms with E-state index in [1.165, 1.54) is 11.3 Å². The Hall–Kier alpha value is -0.910. The summed E-state index contributed by atoms with van der Waals surface area (Å²) in [6.45, 7) is 0. The van der Waals surface area contributed by atoms with E-state index < -0.39 is 6.10 Å². The maximum Gasteiger partial charge on any atom is 0.124 e. The molecule has 0 fully saturated rings. The van der Waals surface area contributed by atoms with Crippen molar-refractivity contribution in [2.75, 3.05) is 7.11 Å². The predicted octanol–water partition coefficient (Wildman–Crippen LogP) is 3.19. The van der Waals surface area contributed by atoms with Crippen LogP contribution in [0.1, 0.15) is 16.7 Å². The van der Waals surface area contributed by atoms with Gasteiger partial charge in [-0.2, -0.15) is 0 Å². The molecule has 0 aliphatic carbocycles. The number of aliphatic hydroxyl groups excluding tert-OH is 1. The molecule has 2 rings (SSSR count). The van der Waals surface area contributed by atoms with Gasteiger partial charge in [0.2, 0.25) is 0 Å². The lowest BCUT2D eigenvalue weighted by molar-refractivity contribution is 0.174. The summed E-state index contributed by atoms with van der Waals surface area (Å²) in [4.78, 5) is 4.17. The Morgan fingerprint density at radius 3 is 3.00 bits per heavy atom. The molecular weight excluding hydrogens is 302 g/mol. The fourth-order valence-electron chi connectivity index (χ4n) is 1.59. The molecule has 0 bridgehead atoms. The SMILES string of the molecule is COc1ccc(Br)cc1C(O)Cc1nccs1. The normalized spacial score (nSPS) is 12.4. The number of aromatic nitrogens is 1. The van der Waals surface area contributed by atoms with Crippen molar-refractivity contribution in [3.63, 3.8) is 0 Å². The number of nitrogens with zero attached hydrogens (tertiary/aromatic N) is 1. The second kappa shape index (κ2) is 5.62. The van der Waals surface area contributed by atoms with Gasteiger partial charge in [-0.3, -0.25) is 0 Å². The molecule has 0 amide bonds. The number of rotatable bonds is 4. The molecule has 0 aliphatic rings. The van der Waals surface area contributed by atoms with Gasteiger partial charge in [0, 0.05) is 28.0 Å². The van der Waals surface area contributed by atoms with E-state index in [9.17, 15) is 5.11 Å². The summed E-state index contributed by atoms with van der Waals surface area (Å²) < 4.78 is 6.17. The smallest absolute Gasteiger partial charge is 0.124 e. The molecule has 3 nitrogen and oxygen atoms in total. The van der Waals surface area contributed by atoms with Crippen LogP contribution in [-0.2, 0) is 6.42 Å². The highest BCUT2D eigenvalue weighted by atomic mass is 79.9. The maximum atomic E-state index is 10.2. The zero-order chi connectivity index (χ0) is 12.3. The fraction of sp³-hybridized carbons (Fsp3) is 0.250. The molecule has 0 aliphatic heterocycles. The number of hydrogen-bond acceptors (Lipinski definition) is 4.